The highest BCUT2D eigenvalue weighted by molar-refractivity contribution is 5.92. The topological polar surface area (TPSA) is 116 Å². The monoisotopic (exact) mass is 439 g/mol. The first kappa shape index (κ1) is 21.8. The number of pyridine rings is 1. The number of aryl methyl sites for hydroxylation is 1. The van der Waals surface area contributed by atoms with Crippen molar-refractivity contribution in [3.05, 3.63) is 92.9 Å². The van der Waals surface area contributed by atoms with Gasteiger partial charge in [0.15, 0.2) is 11.1 Å². The van der Waals surface area contributed by atoms with E-state index in [2.05, 4.69) is 16.4 Å². The molecule has 1 atom stereocenters. The highest BCUT2D eigenvalue weighted by Crippen LogP contribution is 2.32. The molecule has 0 amide bonds. The molecule has 4 rings (SSSR count). The van der Waals surface area contributed by atoms with Gasteiger partial charge < -0.3 is 14.8 Å². The Bertz CT molecular complexity index is 1500. The lowest BCUT2D eigenvalue weighted by atomic mass is 9.98. The Hall–Kier alpha value is -4.44. The lowest BCUT2D eigenvalue weighted by Crippen LogP contribution is -2.14. The summed E-state index contributed by atoms with van der Waals surface area (Å²) in [5, 5.41) is 22.3. The van der Waals surface area contributed by atoms with E-state index in [0.29, 0.717) is 44.7 Å². The van der Waals surface area contributed by atoms with Gasteiger partial charge in [0.1, 0.15) is 11.3 Å². The van der Waals surface area contributed by atoms with Gasteiger partial charge in [-0.15, -0.1) is 0 Å². The molecule has 7 heteroatoms. The normalized spacial score (nSPS) is 11.7. The molecule has 0 aliphatic rings. The standard InChI is InChI=1S/C26H21N3O4/c1-14-10-19(16(3)29-21-8-5-9-28-22(21)26(31)32)25-20(11-14)23(30)15(2)24(33-25)18-7-4-6-17(12-18)13-27/h4-12,16,29H,1-3H3,(H,31,32). The molecule has 0 bridgehead atoms. The number of aromatic nitrogens is 1. The molecule has 0 saturated carbocycles. The Kier molecular flexibility index (Phi) is 5.67. The van der Waals surface area contributed by atoms with Crippen molar-refractivity contribution in [3.63, 3.8) is 0 Å². The molecule has 0 aliphatic heterocycles. The lowest BCUT2D eigenvalue weighted by molar-refractivity contribution is 0.0691. The van der Waals surface area contributed by atoms with Crippen molar-refractivity contribution in [1.82, 2.24) is 4.98 Å². The molecule has 4 aromatic rings. The largest absolute Gasteiger partial charge is 0.476 e. The Balaban J connectivity index is 1.90. The van der Waals surface area contributed by atoms with Crippen LogP contribution in [0, 0.1) is 25.2 Å². The third-order valence-electron chi connectivity index (χ3n) is 5.49. The molecule has 2 aromatic heterocycles. The van der Waals surface area contributed by atoms with Gasteiger partial charge in [-0.05, 0) is 56.7 Å². The van der Waals surface area contributed by atoms with E-state index in [1.165, 1.54) is 6.20 Å². The van der Waals surface area contributed by atoms with Crippen LogP contribution in [-0.4, -0.2) is 16.1 Å². The van der Waals surface area contributed by atoms with Crippen LogP contribution in [0.3, 0.4) is 0 Å². The molecule has 0 fully saturated rings. The van der Waals surface area contributed by atoms with Gasteiger partial charge in [-0.25, -0.2) is 9.78 Å². The van der Waals surface area contributed by atoms with E-state index < -0.39 is 5.97 Å². The number of carboxylic acids is 1. The molecule has 0 saturated heterocycles. The maximum absolute atomic E-state index is 13.3. The summed E-state index contributed by atoms with van der Waals surface area (Å²) in [6.07, 6.45) is 1.42. The first-order valence-corrected chi connectivity index (χ1v) is 10.3. The number of carbonyl (C=O) groups is 1. The van der Waals surface area contributed by atoms with Crippen LogP contribution in [0.1, 0.15) is 45.7 Å². The van der Waals surface area contributed by atoms with E-state index in [0.717, 1.165) is 5.56 Å². The molecule has 0 spiro atoms. The van der Waals surface area contributed by atoms with Crippen LogP contribution >= 0.6 is 0 Å². The summed E-state index contributed by atoms with van der Waals surface area (Å²) in [5.74, 6) is -0.740. The number of aromatic carboxylic acids is 1. The third-order valence-corrected chi connectivity index (χ3v) is 5.49. The minimum absolute atomic E-state index is 0.0902. The predicted octanol–water partition coefficient (Wildman–Crippen LogP) is 5.21. The van der Waals surface area contributed by atoms with Gasteiger partial charge in [0.2, 0.25) is 0 Å². The number of anilines is 1. The van der Waals surface area contributed by atoms with Crippen molar-refractivity contribution >= 4 is 22.6 Å². The summed E-state index contributed by atoms with van der Waals surface area (Å²) >= 11 is 0. The van der Waals surface area contributed by atoms with Crippen molar-refractivity contribution in [3.8, 4) is 17.4 Å². The first-order chi connectivity index (χ1) is 15.8. The number of benzene rings is 2. The number of fused-ring (bicyclic) bond motifs is 1. The molecular weight excluding hydrogens is 418 g/mol. The molecule has 2 N–H and O–H groups in total. The van der Waals surface area contributed by atoms with E-state index in [1.54, 1.807) is 49.4 Å². The lowest BCUT2D eigenvalue weighted by Gasteiger charge is -2.19. The van der Waals surface area contributed by atoms with Gasteiger partial charge in [0.25, 0.3) is 0 Å². The Morgan fingerprint density at radius 2 is 1.97 bits per heavy atom. The third kappa shape index (κ3) is 4.06. The Morgan fingerprint density at radius 3 is 2.70 bits per heavy atom. The predicted molar refractivity (Wildman–Crippen MR) is 125 cm³/mol. The fraction of sp³-hybridized carbons (Fsp3) is 0.154. The van der Waals surface area contributed by atoms with Crippen molar-refractivity contribution in [2.24, 2.45) is 0 Å². The number of nitriles is 1. The van der Waals surface area contributed by atoms with E-state index in [-0.39, 0.29) is 17.2 Å². The van der Waals surface area contributed by atoms with Crippen LogP contribution in [0.4, 0.5) is 5.69 Å². The number of rotatable bonds is 5. The average Bonchev–Trinajstić information content (AvgIpc) is 2.81. The molecule has 164 valence electrons. The zero-order chi connectivity index (χ0) is 23.7. The minimum atomic E-state index is -1.14. The smallest absolute Gasteiger partial charge is 0.356 e. The molecule has 7 nitrogen and oxygen atoms in total. The van der Waals surface area contributed by atoms with E-state index in [9.17, 15) is 20.0 Å². The van der Waals surface area contributed by atoms with Crippen LogP contribution in [0.5, 0.6) is 0 Å². The first-order valence-electron chi connectivity index (χ1n) is 10.3. The average molecular weight is 439 g/mol. The Morgan fingerprint density at radius 1 is 1.18 bits per heavy atom. The van der Waals surface area contributed by atoms with E-state index >= 15 is 0 Å². The SMILES string of the molecule is Cc1cc(C(C)Nc2cccnc2C(=O)O)c2oc(-c3cccc(C#N)c3)c(C)c(=O)c2c1. The fourth-order valence-corrected chi connectivity index (χ4v) is 3.90. The van der Waals surface area contributed by atoms with Crippen molar-refractivity contribution < 1.29 is 14.3 Å². The van der Waals surface area contributed by atoms with E-state index in [1.807, 2.05) is 19.9 Å². The van der Waals surface area contributed by atoms with Crippen LogP contribution in [0.2, 0.25) is 0 Å². The molecule has 2 heterocycles. The number of carboxylic acid groups (broad SMARTS) is 1. The highest BCUT2D eigenvalue weighted by atomic mass is 16.4. The molecule has 2 aromatic carbocycles. The van der Waals surface area contributed by atoms with Gasteiger partial charge in [-0.3, -0.25) is 4.79 Å². The van der Waals surface area contributed by atoms with Gasteiger partial charge >= 0.3 is 5.97 Å². The zero-order valence-electron chi connectivity index (χ0n) is 18.3. The highest BCUT2D eigenvalue weighted by Gasteiger charge is 2.20. The van der Waals surface area contributed by atoms with Gasteiger partial charge in [0, 0.05) is 22.9 Å². The van der Waals surface area contributed by atoms with Crippen molar-refractivity contribution in [1.29, 1.82) is 5.26 Å². The number of hydrogen-bond acceptors (Lipinski definition) is 6. The van der Waals surface area contributed by atoms with Crippen molar-refractivity contribution in [2.45, 2.75) is 26.8 Å². The summed E-state index contributed by atoms with van der Waals surface area (Å²) in [6, 6.07) is 15.6. The second-order valence-electron chi connectivity index (χ2n) is 7.88. The van der Waals surface area contributed by atoms with Crippen molar-refractivity contribution in [2.75, 3.05) is 5.32 Å². The van der Waals surface area contributed by atoms with Crippen LogP contribution in [-0.2, 0) is 0 Å². The molecule has 1 unspecified atom stereocenters. The van der Waals surface area contributed by atoms with Gasteiger partial charge in [-0.1, -0.05) is 18.2 Å². The summed E-state index contributed by atoms with van der Waals surface area (Å²) < 4.78 is 6.30. The maximum Gasteiger partial charge on any atom is 0.356 e. The number of nitrogens with one attached hydrogen (secondary N) is 1. The second-order valence-corrected chi connectivity index (χ2v) is 7.88. The quantitative estimate of drug-likeness (QED) is 0.438. The van der Waals surface area contributed by atoms with Gasteiger partial charge in [-0.2, -0.15) is 5.26 Å². The summed E-state index contributed by atoms with van der Waals surface area (Å²) in [4.78, 5) is 28.8. The number of nitrogens with zero attached hydrogens (tertiary/aromatic N) is 2. The summed E-state index contributed by atoms with van der Waals surface area (Å²) in [5.41, 5.74) is 3.67. The Labute approximate surface area is 190 Å². The molecular formula is C26H21N3O4. The molecule has 0 radical (unpaired) electrons. The van der Waals surface area contributed by atoms with Gasteiger partial charge in [0.05, 0.1) is 28.7 Å². The van der Waals surface area contributed by atoms with E-state index in [4.69, 9.17) is 4.42 Å². The summed E-state index contributed by atoms with van der Waals surface area (Å²) in [7, 11) is 0. The van der Waals surface area contributed by atoms with Crippen LogP contribution in [0.15, 0.2) is 63.9 Å². The second kappa shape index (κ2) is 8.60. The minimum Gasteiger partial charge on any atom is -0.476 e. The van der Waals surface area contributed by atoms with Crippen LogP contribution < -0.4 is 10.7 Å². The maximum atomic E-state index is 13.3. The number of hydrogen-bond donors (Lipinski definition) is 2. The fourth-order valence-electron chi connectivity index (χ4n) is 3.90. The molecule has 33 heavy (non-hydrogen) atoms. The zero-order valence-corrected chi connectivity index (χ0v) is 18.3. The summed E-state index contributed by atoms with van der Waals surface area (Å²) in [6.45, 7) is 5.46. The molecule has 0 aliphatic carbocycles. The van der Waals surface area contributed by atoms with Crippen LogP contribution in [0.25, 0.3) is 22.3 Å².